The number of alkyl halides is 3. The maximum atomic E-state index is 11.8. The Hall–Kier alpha value is -1.81. The van der Waals surface area contributed by atoms with Crippen molar-refractivity contribution in [2.45, 2.75) is 13.0 Å². The normalized spacial score (nSPS) is 10.9. The number of hydrogen-bond acceptors (Lipinski definition) is 4. The molecule has 1 heterocycles. The highest BCUT2D eigenvalue weighted by molar-refractivity contribution is 5.35. The van der Waals surface area contributed by atoms with Gasteiger partial charge in [0.15, 0.2) is 0 Å². The van der Waals surface area contributed by atoms with E-state index in [1.165, 1.54) is 0 Å². The molecule has 0 unspecified atom stereocenters. The smallest absolute Gasteiger partial charge is 0.391 e. The molecule has 0 amide bonds. The van der Waals surface area contributed by atoms with Gasteiger partial charge in [0.2, 0.25) is 5.88 Å². The summed E-state index contributed by atoms with van der Waals surface area (Å²) < 4.78 is 39.0. The van der Waals surface area contributed by atoms with Crippen LogP contribution in [0.25, 0.3) is 0 Å². The highest BCUT2D eigenvalue weighted by atomic mass is 19.4. The summed E-state index contributed by atoms with van der Waals surface area (Å²) in [7, 11) is 0. The van der Waals surface area contributed by atoms with Crippen molar-refractivity contribution >= 4 is 0 Å². The Balaban J connectivity index is 3.04. The molecule has 1 N–H and O–H groups in total. The highest BCUT2D eigenvalue weighted by Gasteiger charge is 2.32. The van der Waals surface area contributed by atoms with Crippen LogP contribution >= 0.6 is 0 Å². The van der Waals surface area contributed by atoms with Crippen LogP contribution in [0.2, 0.25) is 0 Å². The largest absolute Gasteiger partial charge is 0.574 e. The lowest BCUT2D eigenvalue weighted by Crippen LogP contribution is -2.19. The number of aliphatic hydroxyl groups is 1. The van der Waals surface area contributed by atoms with Crippen LogP contribution in [0.1, 0.15) is 11.1 Å². The van der Waals surface area contributed by atoms with Gasteiger partial charge in [-0.1, -0.05) is 0 Å². The van der Waals surface area contributed by atoms with E-state index < -0.39 is 18.8 Å². The van der Waals surface area contributed by atoms with Crippen LogP contribution in [0.4, 0.5) is 13.2 Å². The van der Waals surface area contributed by atoms with Crippen molar-refractivity contribution in [1.82, 2.24) is 4.98 Å². The first kappa shape index (κ1) is 11.3. The highest BCUT2D eigenvalue weighted by Crippen LogP contribution is 2.24. The van der Waals surface area contributed by atoms with Gasteiger partial charge in [0.25, 0.3) is 0 Å². The average molecular weight is 218 g/mol. The van der Waals surface area contributed by atoms with Gasteiger partial charge in [0, 0.05) is 11.8 Å². The molecule has 0 aliphatic carbocycles. The zero-order valence-corrected chi connectivity index (χ0v) is 7.25. The molecule has 1 aromatic rings. The van der Waals surface area contributed by atoms with E-state index >= 15 is 0 Å². The Morgan fingerprint density at radius 1 is 1.53 bits per heavy atom. The van der Waals surface area contributed by atoms with Gasteiger partial charge in [0.05, 0.1) is 12.2 Å². The van der Waals surface area contributed by atoms with Crippen molar-refractivity contribution < 1.29 is 23.0 Å². The van der Waals surface area contributed by atoms with Crippen LogP contribution in [0.3, 0.4) is 0 Å². The summed E-state index contributed by atoms with van der Waals surface area (Å²) in [6.07, 6.45) is -3.94. The van der Waals surface area contributed by atoms with E-state index in [4.69, 9.17) is 10.4 Å². The van der Waals surface area contributed by atoms with E-state index in [9.17, 15) is 13.2 Å². The van der Waals surface area contributed by atoms with E-state index in [1.54, 1.807) is 6.07 Å². The standard InChI is InChI=1S/C8H5F3N2O2/c9-8(10,11)15-7-6(4-14)1-5(2-12)3-13-7/h1,3,14H,4H2. The van der Waals surface area contributed by atoms with Gasteiger partial charge >= 0.3 is 6.36 Å². The fourth-order valence-corrected chi connectivity index (χ4v) is 0.874. The molecular formula is C8H5F3N2O2. The maximum Gasteiger partial charge on any atom is 0.574 e. The molecule has 1 rings (SSSR count). The lowest BCUT2D eigenvalue weighted by atomic mass is 10.2. The van der Waals surface area contributed by atoms with Crippen LogP contribution in [0, 0.1) is 11.3 Å². The van der Waals surface area contributed by atoms with E-state index in [0.717, 1.165) is 12.3 Å². The third-order valence-corrected chi connectivity index (χ3v) is 1.44. The third kappa shape index (κ3) is 3.11. The minimum absolute atomic E-state index is 0.0496. The number of aliphatic hydroxyl groups excluding tert-OH is 1. The van der Waals surface area contributed by atoms with Gasteiger partial charge in [-0.2, -0.15) is 5.26 Å². The zero-order valence-electron chi connectivity index (χ0n) is 7.25. The van der Waals surface area contributed by atoms with Crippen molar-refractivity contribution in [2.75, 3.05) is 0 Å². The molecule has 0 radical (unpaired) electrons. The summed E-state index contributed by atoms with van der Waals surface area (Å²) >= 11 is 0. The molecule has 7 heteroatoms. The number of nitriles is 1. The first-order valence-corrected chi connectivity index (χ1v) is 3.72. The molecule has 0 fully saturated rings. The Bertz CT molecular complexity index is 398. The van der Waals surface area contributed by atoms with Crippen molar-refractivity contribution in [3.63, 3.8) is 0 Å². The predicted molar refractivity (Wildman–Crippen MR) is 41.6 cm³/mol. The summed E-state index contributed by atoms with van der Waals surface area (Å²) in [5.74, 6) is -0.746. The first-order valence-electron chi connectivity index (χ1n) is 3.72. The van der Waals surface area contributed by atoms with Crippen molar-refractivity contribution in [3.8, 4) is 11.9 Å². The molecule has 15 heavy (non-hydrogen) atoms. The van der Waals surface area contributed by atoms with Gasteiger partial charge in [-0.15, -0.1) is 13.2 Å². The van der Waals surface area contributed by atoms with Crippen molar-refractivity contribution in [3.05, 3.63) is 23.4 Å². The second-order valence-electron chi connectivity index (χ2n) is 2.51. The number of ether oxygens (including phenoxy) is 1. The molecule has 80 valence electrons. The molecule has 4 nitrogen and oxygen atoms in total. The molecule has 0 aliphatic heterocycles. The second kappa shape index (κ2) is 4.14. The molecule has 1 aromatic heterocycles. The summed E-state index contributed by atoms with van der Waals surface area (Å²) in [5.41, 5.74) is -0.139. The van der Waals surface area contributed by atoms with Gasteiger partial charge in [-0.25, -0.2) is 4.98 Å². The van der Waals surface area contributed by atoms with Crippen LogP contribution in [-0.4, -0.2) is 16.5 Å². The van der Waals surface area contributed by atoms with E-state index in [-0.39, 0.29) is 11.1 Å². The number of rotatable bonds is 2. The Labute approximate surface area is 82.5 Å². The molecule has 0 spiro atoms. The monoisotopic (exact) mass is 218 g/mol. The third-order valence-electron chi connectivity index (χ3n) is 1.44. The summed E-state index contributed by atoms with van der Waals surface area (Å²) in [5, 5.41) is 17.2. The molecule has 0 aromatic carbocycles. The predicted octanol–water partition coefficient (Wildman–Crippen LogP) is 1.34. The average Bonchev–Trinajstić information content (AvgIpc) is 2.16. The maximum absolute atomic E-state index is 11.8. The first-order chi connectivity index (χ1) is 6.96. The Kier molecular flexibility index (Phi) is 3.11. The number of pyridine rings is 1. The topological polar surface area (TPSA) is 66.1 Å². The van der Waals surface area contributed by atoms with Gasteiger partial charge in [-0.05, 0) is 6.07 Å². The van der Waals surface area contributed by atoms with Gasteiger partial charge in [0.1, 0.15) is 6.07 Å². The lowest BCUT2D eigenvalue weighted by Gasteiger charge is -2.10. The fraction of sp³-hybridized carbons (Fsp3) is 0.250. The van der Waals surface area contributed by atoms with Crippen LogP contribution in [0.5, 0.6) is 5.88 Å². The number of nitrogens with zero attached hydrogens (tertiary/aromatic N) is 2. The SMILES string of the molecule is N#Cc1cnc(OC(F)(F)F)c(CO)c1. The molecule has 0 atom stereocenters. The van der Waals surface area contributed by atoms with E-state index in [1.807, 2.05) is 0 Å². The van der Waals surface area contributed by atoms with Gasteiger partial charge in [-0.3, -0.25) is 0 Å². The number of hydrogen-bond donors (Lipinski definition) is 1. The van der Waals surface area contributed by atoms with E-state index in [2.05, 4.69) is 9.72 Å². The number of halogens is 3. The molecule has 0 saturated carbocycles. The van der Waals surface area contributed by atoms with Crippen molar-refractivity contribution in [1.29, 1.82) is 5.26 Å². The van der Waals surface area contributed by atoms with Crippen LogP contribution in [-0.2, 0) is 6.61 Å². The molecule has 0 bridgehead atoms. The van der Waals surface area contributed by atoms with Crippen LogP contribution in [0.15, 0.2) is 12.3 Å². The fourth-order valence-electron chi connectivity index (χ4n) is 0.874. The molecular weight excluding hydrogens is 213 g/mol. The summed E-state index contributed by atoms with van der Waals surface area (Å²) in [6.45, 7) is -0.687. The van der Waals surface area contributed by atoms with E-state index in [0.29, 0.717) is 0 Å². The molecule has 0 saturated heterocycles. The second-order valence-corrected chi connectivity index (χ2v) is 2.51. The summed E-state index contributed by atoms with van der Waals surface area (Å²) in [6, 6.07) is 2.76. The van der Waals surface area contributed by atoms with Crippen LogP contribution < -0.4 is 4.74 Å². The number of aromatic nitrogens is 1. The molecule has 0 aliphatic rings. The minimum atomic E-state index is -4.87. The Morgan fingerprint density at radius 3 is 2.67 bits per heavy atom. The zero-order chi connectivity index (χ0) is 11.5. The Morgan fingerprint density at radius 2 is 2.20 bits per heavy atom. The lowest BCUT2D eigenvalue weighted by molar-refractivity contribution is -0.276. The van der Waals surface area contributed by atoms with Crippen molar-refractivity contribution in [2.24, 2.45) is 0 Å². The minimum Gasteiger partial charge on any atom is -0.391 e. The quantitative estimate of drug-likeness (QED) is 0.813. The summed E-state index contributed by atoms with van der Waals surface area (Å²) in [4.78, 5) is 3.28. The van der Waals surface area contributed by atoms with Gasteiger partial charge < -0.3 is 9.84 Å².